The van der Waals surface area contributed by atoms with E-state index in [1.807, 2.05) is 44.2 Å². The van der Waals surface area contributed by atoms with Crippen molar-refractivity contribution in [1.82, 2.24) is 20.8 Å². The zero-order valence-electron chi connectivity index (χ0n) is 15.5. The third-order valence-corrected chi connectivity index (χ3v) is 6.67. The Kier molecular flexibility index (Phi) is 6.18. The first-order chi connectivity index (χ1) is 13.0. The molecule has 3 rings (SSSR count). The predicted octanol–water partition coefficient (Wildman–Crippen LogP) is 3.75. The second-order valence-electron chi connectivity index (χ2n) is 6.17. The number of amides is 2. The van der Waals surface area contributed by atoms with Crippen molar-refractivity contribution in [3.05, 3.63) is 51.5 Å². The molecule has 27 heavy (non-hydrogen) atoms. The zero-order chi connectivity index (χ0) is 19.4. The van der Waals surface area contributed by atoms with Crippen LogP contribution in [0.5, 0.6) is 0 Å². The van der Waals surface area contributed by atoms with Crippen molar-refractivity contribution < 1.29 is 9.59 Å². The van der Waals surface area contributed by atoms with E-state index in [9.17, 15) is 9.59 Å². The van der Waals surface area contributed by atoms with Gasteiger partial charge in [0.25, 0.3) is 5.91 Å². The Morgan fingerprint density at radius 2 is 2.07 bits per heavy atom. The summed E-state index contributed by atoms with van der Waals surface area (Å²) in [5.41, 5.74) is 7.96. The predicted molar refractivity (Wildman–Crippen MR) is 111 cm³/mol. The number of para-hydroxylation sites is 2. The zero-order valence-corrected chi connectivity index (χ0v) is 17.1. The summed E-state index contributed by atoms with van der Waals surface area (Å²) in [5, 5.41) is 0.0332. The molecule has 8 heteroatoms. The molecular weight excluding hydrogens is 380 g/mol. The molecular formula is C19H22N4O2S2. The van der Waals surface area contributed by atoms with Crippen LogP contribution in [0.3, 0.4) is 0 Å². The Hall–Kier alpha value is -2.32. The number of hydrogen-bond acceptors (Lipinski definition) is 5. The van der Waals surface area contributed by atoms with Crippen LogP contribution < -0.4 is 10.9 Å². The van der Waals surface area contributed by atoms with Crippen molar-refractivity contribution in [3.8, 4) is 0 Å². The van der Waals surface area contributed by atoms with Crippen molar-refractivity contribution in [2.24, 2.45) is 0 Å². The molecule has 0 aliphatic rings. The standard InChI is InChI=1S/C19H22N4O2S2/c1-4-15-11(2)9-16(27-15)19(25)23-22-17(24)10-26-12(3)18-20-13-7-5-6-8-14(13)21-18/h5-9,12H,4,10H2,1-3H3,(H,20,21)(H,22,24)(H,23,25)/t12-/m1/s1. The summed E-state index contributed by atoms with van der Waals surface area (Å²) in [6.45, 7) is 6.04. The number of benzene rings is 1. The molecule has 2 aromatic heterocycles. The summed E-state index contributed by atoms with van der Waals surface area (Å²) < 4.78 is 0. The fourth-order valence-corrected chi connectivity index (χ4v) is 4.40. The van der Waals surface area contributed by atoms with Crippen LogP contribution in [0.15, 0.2) is 30.3 Å². The maximum atomic E-state index is 12.2. The number of fused-ring (bicyclic) bond motifs is 1. The lowest BCUT2D eigenvalue weighted by molar-refractivity contribution is -0.119. The van der Waals surface area contributed by atoms with Crippen molar-refractivity contribution in [2.75, 3.05) is 5.75 Å². The van der Waals surface area contributed by atoms with Crippen LogP contribution in [0.4, 0.5) is 0 Å². The number of aryl methyl sites for hydroxylation is 2. The van der Waals surface area contributed by atoms with Gasteiger partial charge in [-0.2, -0.15) is 0 Å². The molecule has 0 saturated carbocycles. The van der Waals surface area contributed by atoms with Gasteiger partial charge >= 0.3 is 0 Å². The molecule has 0 unspecified atom stereocenters. The van der Waals surface area contributed by atoms with E-state index >= 15 is 0 Å². The van der Waals surface area contributed by atoms with Crippen LogP contribution in [0.25, 0.3) is 11.0 Å². The average molecular weight is 403 g/mol. The van der Waals surface area contributed by atoms with E-state index in [-0.39, 0.29) is 22.8 Å². The Balaban J connectivity index is 1.48. The van der Waals surface area contributed by atoms with Crippen molar-refractivity contribution >= 4 is 45.9 Å². The highest BCUT2D eigenvalue weighted by molar-refractivity contribution is 8.00. The molecule has 3 N–H and O–H groups in total. The van der Waals surface area contributed by atoms with E-state index in [0.29, 0.717) is 4.88 Å². The summed E-state index contributed by atoms with van der Waals surface area (Å²) in [7, 11) is 0. The number of hydrazine groups is 1. The van der Waals surface area contributed by atoms with Crippen molar-refractivity contribution in [3.63, 3.8) is 0 Å². The average Bonchev–Trinajstić information content (AvgIpc) is 3.27. The molecule has 2 heterocycles. The number of nitrogens with zero attached hydrogens (tertiary/aromatic N) is 1. The second kappa shape index (κ2) is 8.58. The third kappa shape index (κ3) is 4.70. The first kappa shape index (κ1) is 19.4. The topological polar surface area (TPSA) is 86.9 Å². The van der Waals surface area contributed by atoms with Crippen LogP contribution in [-0.4, -0.2) is 27.5 Å². The minimum atomic E-state index is -0.286. The van der Waals surface area contributed by atoms with Crippen molar-refractivity contribution in [2.45, 2.75) is 32.4 Å². The van der Waals surface area contributed by atoms with Gasteiger partial charge in [-0.3, -0.25) is 20.4 Å². The smallest absolute Gasteiger partial charge is 0.279 e. The Morgan fingerprint density at radius 1 is 1.30 bits per heavy atom. The van der Waals surface area contributed by atoms with Crippen LogP contribution in [0.1, 0.15) is 45.0 Å². The molecule has 6 nitrogen and oxygen atoms in total. The molecule has 0 saturated heterocycles. The van der Waals surface area contributed by atoms with Gasteiger partial charge in [-0.1, -0.05) is 19.1 Å². The molecule has 0 radical (unpaired) electrons. The number of hydrogen-bond donors (Lipinski definition) is 3. The SMILES string of the molecule is CCc1sc(C(=O)NNC(=O)CS[C@H](C)c2nc3ccccc3[nH]2)cc1C. The van der Waals surface area contributed by atoms with Gasteiger partial charge in [0.15, 0.2) is 0 Å². The number of imidazole rings is 1. The first-order valence-electron chi connectivity index (χ1n) is 8.72. The van der Waals surface area contributed by atoms with E-state index in [1.54, 1.807) is 0 Å². The maximum Gasteiger partial charge on any atom is 0.279 e. The number of thiophene rings is 1. The van der Waals surface area contributed by atoms with E-state index in [2.05, 4.69) is 27.7 Å². The number of carbonyl (C=O) groups is 2. The number of rotatable bonds is 6. The highest BCUT2D eigenvalue weighted by atomic mass is 32.2. The van der Waals surface area contributed by atoms with Gasteiger partial charge in [-0.15, -0.1) is 23.1 Å². The largest absolute Gasteiger partial charge is 0.341 e. The quantitative estimate of drug-likeness (QED) is 0.548. The van der Waals surface area contributed by atoms with Gasteiger partial charge in [0.1, 0.15) is 5.82 Å². The number of aromatic nitrogens is 2. The molecule has 1 aromatic carbocycles. The van der Waals surface area contributed by atoms with Crippen LogP contribution >= 0.6 is 23.1 Å². The normalized spacial score (nSPS) is 12.1. The molecule has 0 fully saturated rings. The van der Waals surface area contributed by atoms with Gasteiger partial charge in [0, 0.05) is 4.88 Å². The molecule has 0 aliphatic heterocycles. The third-order valence-electron chi connectivity index (χ3n) is 4.14. The first-order valence-corrected chi connectivity index (χ1v) is 10.6. The van der Waals surface area contributed by atoms with E-state index in [4.69, 9.17) is 0 Å². The van der Waals surface area contributed by atoms with E-state index < -0.39 is 0 Å². The van der Waals surface area contributed by atoms with E-state index in [1.165, 1.54) is 28.0 Å². The molecule has 1 atom stereocenters. The van der Waals surface area contributed by atoms with E-state index in [0.717, 1.165) is 28.8 Å². The number of aromatic amines is 1. The highest BCUT2D eigenvalue weighted by Crippen LogP contribution is 2.27. The minimum absolute atomic E-state index is 0.0332. The van der Waals surface area contributed by atoms with Gasteiger partial charge in [0.2, 0.25) is 5.91 Å². The summed E-state index contributed by atoms with van der Waals surface area (Å²) in [6.07, 6.45) is 0.895. The van der Waals surface area contributed by atoms with Crippen molar-refractivity contribution in [1.29, 1.82) is 0 Å². The lowest BCUT2D eigenvalue weighted by Crippen LogP contribution is -2.42. The summed E-state index contributed by atoms with van der Waals surface area (Å²) in [6, 6.07) is 9.67. The number of carbonyl (C=O) groups excluding carboxylic acids is 2. The minimum Gasteiger partial charge on any atom is -0.341 e. The fourth-order valence-electron chi connectivity index (χ4n) is 2.65. The monoisotopic (exact) mass is 402 g/mol. The van der Waals surface area contributed by atoms with Gasteiger partial charge in [-0.25, -0.2) is 4.98 Å². The fraction of sp³-hybridized carbons (Fsp3) is 0.316. The molecule has 0 aliphatic carbocycles. The van der Waals surface area contributed by atoms with Crippen LogP contribution in [0, 0.1) is 6.92 Å². The number of thioether (sulfide) groups is 1. The molecule has 3 aromatic rings. The number of nitrogens with one attached hydrogen (secondary N) is 3. The molecule has 0 bridgehead atoms. The Bertz CT molecular complexity index is 931. The van der Waals surface area contributed by atoms with Crippen LogP contribution in [-0.2, 0) is 11.2 Å². The van der Waals surface area contributed by atoms with Crippen LogP contribution in [0.2, 0.25) is 0 Å². The highest BCUT2D eigenvalue weighted by Gasteiger charge is 2.15. The lowest BCUT2D eigenvalue weighted by atomic mass is 10.2. The van der Waals surface area contributed by atoms with Gasteiger partial charge in [-0.05, 0) is 44.0 Å². The lowest BCUT2D eigenvalue weighted by Gasteiger charge is -2.09. The van der Waals surface area contributed by atoms with Gasteiger partial charge in [0.05, 0.1) is 26.9 Å². The summed E-state index contributed by atoms with van der Waals surface area (Å²) in [5.74, 6) is 0.522. The van der Waals surface area contributed by atoms with Gasteiger partial charge < -0.3 is 4.98 Å². The Morgan fingerprint density at radius 3 is 2.78 bits per heavy atom. The summed E-state index contributed by atoms with van der Waals surface area (Å²) in [4.78, 5) is 33.8. The molecule has 142 valence electrons. The molecule has 0 spiro atoms. The maximum absolute atomic E-state index is 12.2. The Labute approximate surface area is 166 Å². The molecule has 2 amide bonds. The second-order valence-corrected chi connectivity index (χ2v) is 8.63. The summed E-state index contributed by atoms with van der Waals surface area (Å²) >= 11 is 2.91. The number of H-pyrrole nitrogens is 1.